The number of rotatable bonds is 5. The molecular formula is C43H32OS. The molecule has 0 bridgehead atoms. The molecule has 1 aliphatic heterocycles. The Morgan fingerprint density at radius 3 is 1.69 bits per heavy atom. The molecule has 1 aromatic heterocycles. The van der Waals surface area contributed by atoms with E-state index in [0.717, 1.165) is 11.5 Å². The average molecular weight is 597 g/mol. The lowest BCUT2D eigenvalue weighted by molar-refractivity contribution is 0.418. The summed E-state index contributed by atoms with van der Waals surface area (Å²) in [6, 6.07) is 56.6. The fourth-order valence-electron chi connectivity index (χ4n) is 6.54. The quantitative estimate of drug-likeness (QED) is 0.192. The molecular weight excluding hydrogens is 565 g/mol. The summed E-state index contributed by atoms with van der Waals surface area (Å²) in [6.45, 7) is 4.56. The van der Waals surface area contributed by atoms with Gasteiger partial charge in [-0.15, -0.1) is 11.3 Å². The Kier molecular flexibility index (Phi) is 6.73. The minimum Gasteiger partial charge on any atom is -0.457 e. The number of fused-ring (bicyclic) bond motifs is 2. The van der Waals surface area contributed by atoms with Crippen molar-refractivity contribution in [2.75, 3.05) is 0 Å². The van der Waals surface area contributed by atoms with Crippen LogP contribution in [0.4, 0.5) is 0 Å². The van der Waals surface area contributed by atoms with Crippen molar-refractivity contribution < 1.29 is 4.74 Å². The van der Waals surface area contributed by atoms with E-state index in [0.29, 0.717) is 0 Å². The highest BCUT2D eigenvalue weighted by Crippen LogP contribution is 2.49. The first-order valence-corrected chi connectivity index (χ1v) is 16.2. The first kappa shape index (κ1) is 27.4. The SMILES string of the molecule is CC1(C)c2ccccc2Oc2cc(-c3ccc(-c4ccc(-c5ccc(-c6ccccc6)c(-c6ccccc6)c5)cc4)s3)ccc21. The smallest absolute Gasteiger partial charge is 0.132 e. The van der Waals surface area contributed by atoms with Gasteiger partial charge in [-0.2, -0.15) is 0 Å². The molecule has 2 heterocycles. The molecule has 8 rings (SSSR count). The van der Waals surface area contributed by atoms with Gasteiger partial charge in [-0.25, -0.2) is 0 Å². The second-order valence-corrected chi connectivity index (χ2v) is 13.3. The van der Waals surface area contributed by atoms with Crippen LogP contribution in [0.3, 0.4) is 0 Å². The zero-order valence-electron chi connectivity index (χ0n) is 25.3. The molecule has 0 spiro atoms. The number of benzene rings is 6. The lowest BCUT2D eigenvalue weighted by Crippen LogP contribution is -2.24. The molecule has 0 fully saturated rings. The van der Waals surface area contributed by atoms with Crippen LogP contribution in [0.25, 0.3) is 54.3 Å². The number of hydrogen-bond acceptors (Lipinski definition) is 2. The molecule has 0 saturated carbocycles. The lowest BCUT2D eigenvalue weighted by atomic mass is 9.75. The third kappa shape index (κ3) is 4.98. The third-order valence-corrected chi connectivity index (χ3v) is 10.2. The van der Waals surface area contributed by atoms with Crippen LogP contribution in [-0.2, 0) is 5.41 Å². The van der Waals surface area contributed by atoms with E-state index < -0.39 is 0 Å². The topological polar surface area (TPSA) is 9.23 Å². The Labute approximate surface area is 269 Å². The summed E-state index contributed by atoms with van der Waals surface area (Å²) in [5, 5.41) is 0. The summed E-state index contributed by atoms with van der Waals surface area (Å²) >= 11 is 1.82. The zero-order chi connectivity index (χ0) is 30.4. The van der Waals surface area contributed by atoms with Crippen molar-refractivity contribution in [1.29, 1.82) is 0 Å². The summed E-state index contributed by atoms with van der Waals surface area (Å²) in [5.41, 5.74) is 12.1. The molecule has 0 N–H and O–H groups in total. The van der Waals surface area contributed by atoms with E-state index in [4.69, 9.17) is 4.74 Å². The molecule has 1 aliphatic rings. The van der Waals surface area contributed by atoms with Crippen LogP contribution in [0, 0.1) is 0 Å². The third-order valence-electron chi connectivity index (χ3n) is 9.02. The van der Waals surface area contributed by atoms with Crippen molar-refractivity contribution in [1.82, 2.24) is 0 Å². The monoisotopic (exact) mass is 596 g/mol. The summed E-state index contributed by atoms with van der Waals surface area (Å²) < 4.78 is 6.40. The lowest BCUT2D eigenvalue weighted by Gasteiger charge is -2.34. The van der Waals surface area contributed by atoms with Crippen molar-refractivity contribution in [2.45, 2.75) is 19.3 Å². The maximum absolute atomic E-state index is 6.40. The Morgan fingerprint density at radius 2 is 0.956 bits per heavy atom. The van der Waals surface area contributed by atoms with E-state index in [1.165, 1.54) is 65.4 Å². The van der Waals surface area contributed by atoms with E-state index in [1.54, 1.807) is 0 Å². The molecule has 2 heteroatoms. The molecule has 0 radical (unpaired) electrons. The van der Waals surface area contributed by atoms with E-state index >= 15 is 0 Å². The Morgan fingerprint density at radius 1 is 0.400 bits per heavy atom. The highest BCUT2D eigenvalue weighted by atomic mass is 32.1. The van der Waals surface area contributed by atoms with Crippen molar-refractivity contribution >= 4 is 11.3 Å². The van der Waals surface area contributed by atoms with E-state index in [2.05, 4.69) is 166 Å². The maximum Gasteiger partial charge on any atom is 0.132 e. The number of thiophene rings is 1. The van der Waals surface area contributed by atoms with E-state index in [1.807, 2.05) is 17.4 Å². The standard InChI is InChI=1S/C43H32OS/c1-43(2)37-15-9-10-16-39(37)44-40-28-34(22-24-38(40)43)42-26-25-41(45-42)32-19-17-29(18-20-32)33-21-23-35(30-11-5-3-6-12-30)36(27-33)31-13-7-4-8-14-31/h3-28H,1-2H3. The van der Waals surface area contributed by atoms with Gasteiger partial charge in [-0.05, 0) is 74.8 Å². The van der Waals surface area contributed by atoms with Gasteiger partial charge in [0.25, 0.3) is 0 Å². The zero-order valence-corrected chi connectivity index (χ0v) is 26.1. The van der Waals surface area contributed by atoms with Gasteiger partial charge < -0.3 is 4.74 Å². The highest BCUT2D eigenvalue weighted by Gasteiger charge is 2.34. The van der Waals surface area contributed by atoms with Crippen molar-refractivity contribution in [3.63, 3.8) is 0 Å². The molecule has 0 atom stereocenters. The first-order valence-electron chi connectivity index (χ1n) is 15.4. The summed E-state index contributed by atoms with van der Waals surface area (Å²) in [7, 11) is 0. The predicted molar refractivity (Wildman–Crippen MR) is 190 cm³/mol. The number of para-hydroxylation sites is 1. The van der Waals surface area contributed by atoms with Crippen molar-refractivity contribution in [2.24, 2.45) is 0 Å². The molecule has 0 aliphatic carbocycles. The predicted octanol–water partition coefficient (Wildman–Crippen LogP) is 12.5. The molecule has 216 valence electrons. The molecule has 0 unspecified atom stereocenters. The molecule has 7 aromatic rings. The van der Waals surface area contributed by atoms with E-state index in [-0.39, 0.29) is 5.41 Å². The van der Waals surface area contributed by atoms with Crippen LogP contribution in [0.2, 0.25) is 0 Å². The van der Waals surface area contributed by atoms with Gasteiger partial charge in [0.05, 0.1) is 0 Å². The van der Waals surface area contributed by atoms with Crippen LogP contribution in [0.15, 0.2) is 158 Å². The van der Waals surface area contributed by atoms with Gasteiger partial charge in [-0.3, -0.25) is 0 Å². The Balaban J connectivity index is 1.08. The second kappa shape index (κ2) is 11.1. The van der Waals surface area contributed by atoms with Crippen molar-refractivity contribution in [3.05, 3.63) is 169 Å². The minimum absolute atomic E-state index is 0.102. The fourth-order valence-corrected chi connectivity index (χ4v) is 7.54. The van der Waals surface area contributed by atoms with Gasteiger partial charge in [0.15, 0.2) is 0 Å². The van der Waals surface area contributed by atoms with Crippen LogP contribution in [-0.4, -0.2) is 0 Å². The number of hydrogen-bond donors (Lipinski definition) is 0. The highest BCUT2D eigenvalue weighted by molar-refractivity contribution is 7.18. The molecule has 6 aromatic carbocycles. The largest absolute Gasteiger partial charge is 0.457 e. The Bertz CT molecular complexity index is 2140. The normalized spacial score (nSPS) is 13.0. The minimum atomic E-state index is -0.102. The summed E-state index contributed by atoms with van der Waals surface area (Å²) in [5.74, 6) is 1.90. The fraction of sp³-hybridized carbons (Fsp3) is 0.0698. The van der Waals surface area contributed by atoms with Crippen LogP contribution in [0.1, 0.15) is 25.0 Å². The second-order valence-electron chi connectivity index (χ2n) is 12.2. The van der Waals surface area contributed by atoms with Gasteiger partial charge in [-0.1, -0.05) is 141 Å². The van der Waals surface area contributed by atoms with Crippen molar-refractivity contribution in [3.8, 4) is 65.8 Å². The molecule has 0 saturated heterocycles. The van der Waals surface area contributed by atoms with Gasteiger partial charge in [0, 0.05) is 26.3 Å². The van der Waals surface area contributed by atoms with E-state index in [9.17, 15) is 0 Å². The van der Waals surface area contributed by atoms with Crippen LogP contribution >= 0.6 is 11.3 Å². The Hall–Kier alpha value is -5.18. The molecule has 1 nitrogen and oxygen atoms in total. The summed E-state index contributed by atoms with van der Waals surface area (Å²) in [6.07, 6.45) is 0. The van der Waals surface area contributed by atoms with Gasteiger partial charge in [0.2, 0.25) is 0 Å². The van der Waals surface area contributed by atoms with Crippen LogP contribution < -0.4 is 4.74 Å². The first-order chi connectivity index (χ1) is 22.0. The molecule has 0 amide bonds. The number of ether oxygens (including phenoxy) is 1. The average Bonchev–Trinajstić information content (AvgIpc) is 3.59. The van der Waals surface area contributed by atoms with Crippen LogP contribution in [0.5, 0.6) is 11.5 Å². The molecule has 45 heavy (non-hydrogen) atoms. The van der Waals surface area contributed by atoms with Gasteiger partial charge >= 0.3 is 0 Å². The summed E-state index contributed by atoms with van der Waals surface area (Å²) in [4.78, 5) is 2.49. The van der Waals surface area contributed by atoms with Gasteiger partial charge in [0.1, 0.15) is 11.5 Å². The maximum atomic E-state index is 6.40.